The molecule has 4 aromatic rings. The Balaban J connectivity index is 2.08. The Morgan fingerprint density at radius 1 is 1.00 bits per heavy atom. The molecule has 2 heterocycles. The molecule has 0 N–H and O–H groups in total. The fourth-order valence-electron chi connectivity index (χ4n) is 2.84. The second-order valence-corrected chi connectivity index (χ2v) is 5.23. The van der Waals surface area contributed by atoms with Gasteiger partial charge >= 0.3 is 0 Å². The maximum Gasteiger partial charge on any atom is 0.156 e. The lowest BCUT2D eigenvalue weighted by Crippen LogP contribution is -1.95. The molecule has 0 fully saturated rings. The molecule has 0 saturated carbocycles. The van der Waals surface area contributed by atoms with Crippen LogP contribution in [0.25, 0.3) is 27.9 Å². The maximum atomic E-state index is 9.37. The monoisotopic (exact) mass is 299 g/mol. The molecule has 0 spiro atoms. The van der Waals surface area contributed by atoms with Gasteiger partial charge in [0.1, 0.15) is 11.8 Å². The number of rotatable bonds is 2. The number of fused-ring (bicyclic) bond motifs is 3. The molecule has 0 amide bonds. The summed E-state index contributed by atoms with van der Waals surface area (Å²) in [7, 11) is 1.65. The number of hydrogen-bond acceptors (Lipinski definition) is 3. The van der Waals surface area contributed by atoms with Crippen molar-refractivity contribution in [1.82, 2.24) is 9.38 Å². The predicted octanol–water partition coefficient (Wildman–Crippen LogP) is 4.03. The van der Waals surface area contributed by atoms with E-state index in [2.05, 4.69) is 11.1 Å². The van der Waals surface area contributed by atoms with Gasteiger partial charge in [0.25, 0.3) is 0 Å². The zero-order valence-corrected chi connectivity index (χ0v) is 12.5. The van der Waals surface area contributed by atoms with Crippen molar-refractivity contribution in [3.63, 3.8) is 0 Å². The average Bonchev–Trinajstić information content (AvgIpc) is 3.01. The number of aromatic nitrogens is 2. The van der Waals surface area contributed by atoms with Crippen molar-refractivity contribution >= 4 is 16.7 Å². The molecule has 23 heavy (non-hydrogen) atoms. The number of imidazole rings is 1. The minimum atomic E-state index is 0.568. The number of hydrogen-bond donors (Lipinski definition) is 0. The molecule has 2 aromatic heterocycles. The van der Waals surface area contributed by atoms with Crippen LogP contribution in [0.4, 0.5) is 0 Å². The highest BCUT2D eigenvalue weighted by Crippen LogP contribution is 2.28. The quantitative estimate of drug-likeness (QED) is 0.561. The topological polar surface area (TPSA) is 50.3 Å². The molecule has 4 rings (SSSR count). The second kappa shape index (κ2) is 5.15. The van der Waals surface area contributed by atoms with E-state index in [1.165, 1.54) is 0 Å². The number of methoxy groups -OCH3 is 1. The molecular formula is C19H13N3O. The Bertz CT molecular complexity index is 1060. The molecule has 0 atom stereocenters. The fraction of sp³-hybridized carbons (Fsp3) is 0.0526. The summed E-state index contributed by atoms with van der Waals surface area (Å²) >= 11 is 0. The van der Waals surface area contributed by atoms with Crippen LogP contribution in [0.1, 0.15) is 5.56 Å². The van der Waals surface area contributed by atoms with Gasteiger partial charge in [-0.15, -0.1) is 0 Å². The second-order valence-electron chi connectivity index (χ2n) is 5.23. The van der Waals surface area contributed by atoms with Crippen molar-refractivity contribution < 1.29 is 4.74 Å². The van der Waals surface area contributed by atoms with Crippen LogP contribution in [0.3, 0.4) is 0 Å². The SMILES string of the molecule is COc1ccc(-c2ccc(C#N)c3nc4ccccc4n23)cc1. The van der Waals surface area contributed by atoms with Crippen molar-refractivity contribution in [2.75, 3.05) is 7.11 Å². The lowest BCUT2D eigenvalue weighted by Gasteiger charge is -2.08. The number of ether oxygens (including phenoxy) is 1. The molecule has 110 valence electrons. The zero-order chi connectivity index (χ0) is 15.8. The van der Waals surface area contributed by atoms with Crippen molar-refractivity contribution in [3.05, 3.63) is 66.2 Å². The van der Waals surface area contributed by atoms with Gasteiger partial charge in [-0.2, -0.15) is 5.26 Å². The van der Waals surface area contributed by atoms with E-state index in [9.17, 15) is 5.26 Å². The van der Waals surface area contributed by atoms with E-state index in [4.69, 9.17) is 4.74 Å². The minimum absolute atomic E-state index is 0.568. The summed E-state index contributed by atoms with van der Waals surface area (Å²) in [4.78, 5) is 4.62. The standard InChI is InChI=1S/C19H13N3O/c1-23-15-9-6-13(7-10-15)17-11-8-14(12-20)19-21-16-4-2-3-5-18(16)22(17)19/h2-11H,1H3. The third-order valence-corrected chi connectivity index (χ3v) is 3.96. The van der Waals surface area contributed by atoms with Gasteiger partial charge in [0.2, 0.25) is 0 Å². The molecule has 4 heteroatoms. The van der Waals surface area contributed by atoms with E-state index in [1.54, 1.807) is 7.11 Å². The van der Waals surface area contributed by atoms with Crippen molar-refractivity contribution in [3.8, 4) is 23.1 Å². The lowest BCUT2D eigenvalue weighted by atomic mass is 10.1. The summed E-state index contributed by atoms with van der Waals surface area (Å²) in [6.45, 7) is 0. The summed E-state index contributed by atoms with van der Waals surface area (Å²) in [6.07, 6.45) is 0. The molecule has 0 aliphatic rings. The highest BCUT2D eigenvalue weighted by molar-refractivity contribution is 5.85. The van der Waals surface area contributed by atoms with E-state index >= 15 is 0 Å². The largest absolute Gasteiger partial charge is 0.497 e. The zero-order valence-electron chi connectivity index (χ0n) is 12.5. The van der Waals surface area contributed by atoms with E-state index in [-0.39, 0.29) is 0 Å². The Morgan fingerprint density at radius 2 is 1.78 bits per heavy atom. The first kappa shape index (κ1) is 13.4. The van der Waals surface area contributed by atoms with Crippen LogP contribution >= 0.6 is 0 Å². The lowest BCUT2D eigenvalue weighted by molar-refractivity contribution is 0.415. The van der Waals surface area contributed by atoms with Crippen LogP contribution in [0.15, 0.2) is 60.7 Å². The molecule has 0 radical (unpaired) electrons. The first-order chi connectivity index (χ1) is 11.3. The molecule has 0 unspecified atom stereocenters. The Kier molecular flexibility index (Phi) is 2.99. The smallest absolute Gasteiger partial charge is 0.156 e. The number of para-hydroxylation sites is 2. The molecule has 4 nitrogen and oxygen atoms in total. The van der Waals surface area contributed by atoms with Crippen LogP contribution in [0.5, 0.6) is 5.75 Å². The van der Waals surface area contributed by atoms with Gasteiger partial charge in [-0.1, -0.05) is 12.1 Å². The highest BCUT2D eigenvalue weighted by atomic mass is 16.5. The summed E-state index contributed by atoms with van der Waals surface area (Å²) in [5.41, 5.74) is 5.16. The Morgan fingerprint density at radius 3 is 2.52 bits per heavy atom. The van der Waals surface area contributed by atoms with Crippen LogP contribution < -0.4 is 4.74 Å². The van der Waals surface area contributed by atoms with Crippen LogP contribution in [0, 0.1) is 11.3 Å². The van der Waals surface area contributed by atoms with E-state index in [1.807, 2.05) is 65.1 Å². The first-order valence-electron chi connectivity index (χ1n) is 7.26. The Labute approximate surface area is 133 Å². The fourth-order valence-corrected chi connectivity index (χ4v) is 2.84. The molecular weight excluding hydrogens is 286 g/mol. The summed E-state index contributed by atoms with van der Waals surface area (Å²) in [6, 6.07) is 21.8. The van der Waals surface area contributed by atoms with Gasteiger partial charge in [0.05, 0.1) is 29.4 Å². The molecule has 2 aromatic carbocycles. The van der Waals surface area contributed by atoms with Gasteiger partial charge in [-0.3, -0.25) is 4.40 Å². The van der Waals surface area contributed by atoms with E-state index < -0.39 is 0 Å². The van der Waals surface area contributed by atoms with Crippen molar-refractivity contribution in [2.24, 2.45) is 0 Å². The van der Waals surface area contributed by atoms with Gasteiger partial charge in [0.15, 0.2) is 5.65 Å². The molecule has 0 aliphatic heterocycles. The third kappa shape index (κ3) is 2.02. The summed E-state index contributed by atoms with van der Waals surface area (Å²) in [5.74, 6) is 0.814. The van der Waals surface area contributed by atoms with Gasteiger partial charge in [-0.05, 0) is 54.1 Å². The van der Waals surface area contributed by atoms with Crippen LogP contribution in [-0.2, 0) is 0 Å². The Hall–Kier alpha value is -3.32. The minimum Gasteiger partial charge on any atom is -0.497 e. The van der Waals surface area contributed by atoms with Gasteiger partial charge in [0, 0.05) is 0 Å². The van der Waals surface area contributed by atoms with E-state index in [0.29, 0.717) is 11.2 Å². The maximum absolute atomic E-state index is 9.37. The molecule has 0 aliphatic carbocycles. The van der Waals surface area contributed by atoms with Crippen LogP contribution in [0.2, 0.25) is 0 Å². The van der Waals surface area contributed by atoms with Crippen molar-refractivity contribution in [2.45, 2.75) is 0 Å². The summed E-state index contributed by atoms with van der Waals surface area (Å²) < 4.78 is 7.26. The summed E-state index contributed by atoms with van der Waals surface area (Å²) in [5, 5.41) is 9.37. The van der Waals surface area contributed by atoms with Gasteiger partial charge < -0.3 is 4.74 Å². The molecule has 0 saturated heterocycles. The number of pyridine rings is 1. The molecule has 0 bridgehead atoms. The predicted molar refractivity (Wildman–Crippen MR) is 89.4 cm³/mol. The van der Waals surface area contributed by atoms with Crippen molar-refractivity contribution in [1.29, 1.82) is 5.26 Å². The number of nitriles is 1. The number of benzene rings is 2. The highest BCUT2D eigenvalue weighted by Gasteiger charge is 2.13. The number of nitrogens with zero attached hydrogens (tertiary/aromatic N) is 3. The first-order valence-corrected chi connectivity index (χ1v) is 7.26. The normalized spacial score (nSPS) is 10.8. The third-order valence-electron chi connectivity index (χ3n) is 3.96. The van der Waals surface area contributed by atoms with Crippen LogP contribution in [-0.4, -0.2) is 16.5 Å². The van der Waals surface area contributed by atoms with E-state index in [0.717, 1.165) is 28.0 Å². The van der Waals surface area contributed by atoms with Gasteiger partial charge in [-0.25, -0.2) is 4.98 Å². The average molecular weight is 299 g/mol.